The molecule has 1 unspecified atom stereocenters. The quantitative estimate of drug-likeness (QED) is 0.838. The lowest BCUT2D eigenvalue weighted by atomic mass is 10.1. The van der Waals surface area contributed by atoms with Gasteiger partial charge in [0.25, 0.3) is 0 Å². The highest BCUT2D eigenvalue weighted by molar-refractivity contribution is 5.19. The maximum absolute atomic E-state index is 5.62. The minimum atomic E-state index is 0.239. The number of rotatable bonds is 4. The van der Waals surface area contributed by atoms with Gasteiger partial charge in [0, 0.05) is 13.2 Å². The van der Waals surface area contributed by atoms with E-state index >= 15 is 0 Å². The topological polar surface area (TPSA) is 57.4 Å². The highest BCUT2D eigenvalue weighted by Gasteiger charge is 2.14. The third-order valence-electron chi connectivity index (χ3n) is 2.72. The van der Waals surface area contributed by atoms with Crippen LogP contribution in [0, 0.1) is 0 Å². The summed E-state index contributed by atoms with van der Waals surface area (Å²) in [4.78, 5) is 4.17. The molecule has 0 saturated carbocycles. The number of hydrogen-bond donors (Lipinski definition) is 1. The summed E-state index contributed by atoms with van der Waals surface area (Å²) < 4.78 is 11.2. The molecule has 1 aliphatic rings. The maximum atomic E-state index is 5.62. The predicted molar refractivity (Wildman–Crippen MR) is 61.2 cm³/mol. The summed E-state index contributed by atoms with van der Waals surface area (Å²) >= 11 is 0. The fourth-order valence-electron chi connectivity index (χ4n) is 1.75. The molecule has 88 valence electrons. The van der Waals surface area contributed by atoms with E-state index in [2.05, 4.69) is 4.98 Å². The van der Waals surface area contributed by atoms with E-state index in [4.69, 9.17) is 15.2 Å². The Morgan fingerprint density at radius 1 is 1.44 bits per heavy atom. The van der Waals surface area contributed by atoms with Crippen molar-refractivity contribution >= 4 is 0 Å². The Morgan fingerprint density at radius 2 is 2.38 bits per heavy atom. The normalized spacial score (nSPS) is 20.7. The highest BCUT2D eigenvalue weighted by Crippen LogP contribution is 2.15. The third-order valence-corrected chi connectivity index (χ3v) is 2.72. The van der Waals surface area contributed by atoms with Gasteiger partial charge in [-0.25, -0.2) is 0 Å². The summed E-state index contributed by atoms with van der Waals surface area (Å²) in [6.07, 6.45) is 5.45. The van der Waals surface area contributed by atoms with Crippen LogP contribution in [0.25, 0.3) is 0 Å². The van der Waals surface area contributed by atoms with Gasteiger partial charge >= 0.3 is 0 Å². The van der Waals surface area contributed by atoms with Crippen LogP contribution in [0.15, 0.2) is 18.3 Å². The van der Waals surface area contributed by atoms with E-state index in [1.54, 1.807) is 6.20 Å². The van der Waals surface area contributed by atoms with Crippen molar-refractivity contribution < 1.29 is 9.47 Å². The number of ether oxygens (including phenoxy) is 2. The first-order valence-corrected chi connectivity index (χ1v) is 5.78. The van der Waals surface area contributed by atoms with Crippen LogP contribution in [-0.2, 0) is 11.3 Å². The van der Waals surface area contributed by atoms with Crippen LogP contribution in [0.2, 0.25) is 0 Å². The summed E-state index contributed by atoms with van der Waals surface area (Å²) in [7, 11) is 0. The molecule has 4 heteroatoms. The van der Waals surface area contributed by atoms with Crippen molar-refractivity contribution in [3.8, 4) is 5.75 Å². The van der Waals surface area contributed by atoms with Crippen molar-refractivity contribution in [1.82, 2.24) is 4.98 Å². The van der Waals surface area contributed by atoms with Crippen LogP contribution in [0.4, 0.5) is 0 Å². The van der Waals surface area contributed by atoms with E-state index in [1.165, 1.54) is 12.8 Å². The van der Waals surface area contributed by atoms with Gasteiger partial charge in [0.15, 0.2) is 0 Å². The van der Waals surface area contributed by atoms with Gasteiger partial charge in [-0.2, -0.15) is 0 Å². The number of nitrogens with two attached hydrogens (primary N) is 1. The molecule has 1 atom stereocenters. The Morgan fingerprint density at radius 3 is 3.00 bits per heavy atom. The summed E-state index contributed by atoms with van der Waals surface area (Å²) in [6, 6.07) is 3.79. The maximum Gasteiger partial charge on any atom is 0.137 e. The molecule has 0 spiro atoms. The highest BCUT2D eigenvalue weighted by atomic mass is 16.5. The van der Waals surface area contributed by atoms with E-state index in [0.717, 1.165) is 24.5 Å². The average molecular weight is 222 g/mol. The van der Waals surface area contributed by atoms with Crippen molar-refractivity contribution in [2.45, 2.75) is 31.9 Å². The molecule has 1 aromatic rings. The first kappa shape index (κ1) is 11.4. The Kier molecular flexibility index (Phi) is 4.13. The lowest BCUT2D eigenvalue weighted by Gasteiger charge is -2.22. The summed E-state index contributed by atoms with van der Waals surface area (Å²) in [5.41, 5.74) is 6.34. The molecular formula is C12H18N2O2. The molecule has 2 heterocycles. The van der Waals surface area contributed by atoms with E-state index in [0.29, 0.717) is 13.2 Å². The fraction of sp³-hybridized carbons (Fsp3) is 0.583. The SMILES string of the molecule is NCc1ccc(OCC2CCCCO2)cn1. The summed E-state index contributed by atoms with van der Waals surface area (Å²) in [5.74, 6) is 0.784. The molecule has 4 nitrogen and oxygen atoms in total. The smallest absolute Gasteiger partial charge is 0.137 e. The van der Waals surface area contributed by atoms with Gasteiger partial charge in [0.05, 0.1) is 18.0 Å². The van der Waals surface area contributed by atoms with Crippen LogP contribution in [0.1, 0.15) is 25.0 Å². The number of nitrogens with zero attached hydrogens (tertiary/aromatic N) is 1. The zero-order valence-corrected chi connectivity index (χ0v) is 9.39. The first-order valence-electron chi connectivity index (χ1n) is 5.78. The Hall–Kier alpha value is -1.13. The second-order valence-corrected chi connectivity index (χ2v) is 3.99. The van der Waals surface area contributed by atoms with Crippen LogP contribution >= 0.6 is 0 Å². The van der Waals surface area contributed by atoms with Crippen LogP contribution < -0.4 is 10.5 Å². The third kappa shape index (κ3) is 3.18. The van der Waals surface area contributed by atoms with Gasteiger partial charge in [-0.3, -0.25) is 4.98 Å². The Labute approximate surface area is 95.8 Å². The molecule has 1 aliphatic heterocycles. The van der Waals surface area contributed by atoms with Crippen molar-refractivity contribution in [3.63, 3.8) is 0 Å². The van der Waals surface area contributed by atoms with Gasteiger partial charge < -0.3 is 15.2 Å². The second-order valence-electron chi connectivity index (χ2n) is 3.99. The van der Waals surface area contributed by atoms with Gasteiger partial charge in [0.1, 0.15) is 12.4 Å². The monoisotopic (exact) mass is 222 g/mol. The minimum Gasteiger partial charge on any atom is -0.489 e. The van der Waals surface area contributed by atoms with Crippen LogP contribution in [0.5, 0.6) is 5.75 Å². The van der Waals surface area contributed by atoms with Gasteiger partial charge in [-0.05, 0) is 31.4 Å². The van der Waals surface area contributed by atoms with Crippen LogP contribution in [0.3, 0.4) is 0 Å². The lowest BCUT2D eigenvalue weighted by Crippen LogP contribution is -2.25. The van der Waals surface area contributed by atoms with Gasteiger partial charge in [0.2, 0.25) is 0 Å². The lowest BCUT2D eigenvalue weighted by molar-refractivity contribution is -0.0111. The molecule has 0 aliphatic carbocycles. The molecule has 2 rings (SSSR count). The molecule has 1 saturated heterocycles. The summed E-state index contributed by atoms with van der Waals surface area (Å²) in [6.45, 7) is 1.94. The molecule has 0 aromatic carbocycles. The molecule has 0 amide bonds. The molecule has 1 aromatic heterocycles. The van der Waals surface area contributed by atoms with E-state index in [-0.39, 0.29) is 6.10 Å². The van der Waals surface area contributed by atoms with Crippen molar-refractivity contribution in [3.05, 3.63) is 24.0 Å². The zero-order valence-electron chi connectivity index (χ0n) is 9.39. The van der Waals surface area contributed by atoms with E-state index < -0.39 is 0 Å². The number of aromatic nitrogens is 1. The van der Waals surface area contributed by atoms with E-state index in [1.807, 2.05) is 12.1 Å². The van der Waals surface area contributed by atoms with Gasteiger partial charge in [-0.15, -0.1) is 0 Å². The van der Waals surface area contributed by atoms with Crippen molar-refractivity contribution in [2.75, 3.05) is 13.2 Å². The molecule has 0 radical (unpaired) electrons. The number of pyridine rings is 1. The molecule has 2 N–H and O–H groups in total. The number of hydrogen-bond acceptors (Lipinski definition) is 4. The Bertz CT molecular complexity index is 307. The fourth-order valence-corrected chi connectivity index (χ4v) is 1.75. The zero-order chi connectivity index (χ0) is 11.2. The van der Waals surface area contributed by atoms with Crippen LogP contribution in [-0.4, -0.2) is 24.3 Å². The first-order chi connectivity index (χ1) is 7.88. The largest absolute Gasteiger partial charge is 0.489 e. The average Bonchev–Trinajstić information content (AvgIpc) is 2.38. The van der Waals surface area contributed by atoms with Crippen molar-refractivity contribution in [2.24, 2.45) is 5.73 Å². The Balaban J connectivity index is 1.79. The predicted octanol–water partition coefficient (Wildman–Crippen LogP) is 1.49. The molecule has 1 fully saturated rings. The summed E-state index contributed by atoms with van der Waals surface area (Å²) in [5, 5.41) is 0. The minimum absolute atomic E-state index is 0.239. The van der Waals surface area contributed by atoms with E-state index in [9.17, 15) is 0 Å². The van der Waals surface area contributed by atoms with Gasteiger partial charge in [-0.1, -0.05) is 0 Å². The molecule has 16 heavy (non-hydrogen) atoms. The molecular weight excluding hydrogens is 204 g/mol. The van der Waals surface area contributed by atoms with Crippen molar-refractivity contribution in [1.29, 1.82) is 0 Å². The standard InChI is InChI=1S/C12H18N2O2/c13-7-10-4-5-11(8-14-10)16-9-12-3-1-2-6-15-12/h4-5,8,12H,1-3,6-7,9,13H2. The molecule has 0 bridgehead atoms. The second kappa shape index (κ2) is 5.82.